The van der Waals surface area contributed by atoms with Crippen molar-refractivity contribution < 1.29 is 9.53 Å². The van der Waals surface area contributed by atoms with Gasteiger partial charge in [-0.05, 0) is 49.6 Å². The molecule has 9 heteroatoms. The lowest BCUT2D eigenvalue weighted by atomic mass is 10.1. The SMILES string of the molecule is C=CC(=O)Nc1ccnc(-c2cccc3cnc(Nc4ccc(N5CCCCC5)nc4OC)nc23)c1. The average molecular weight is 482 g/mol. The van der Waals surface area contributed by atoms with Gasteiger partial charge in [0.1, 0.15) is 11.5 Å². The minimum atomic E-state index is -0.284. The number of hydrogen-bond donors (Lipinski definition) is 2. The van der Waals surface area contributed by atoms with Gasteiger partial charge in [-0.3, -0.25) is 9.78 Å². The molecule has 4 aromatic rings. The summed E-state index contributed by atoms with van der Waals surface area (Å²) in [6, 6.07) is 13.3. The maximum Gasteiger partial charge on any atom is 0.247 e. The van der Waals surface area contributed by atoms with Crippen molar-refractivity contribution in [1.82, 2.24) is 19.9 Å². The van der Waals surface area contributed by atoms with E-state index in [9.17, 15) is 4.79 Å². The van der Waals surface area contributed by atoms with Gasteiger partial charge in [-0.15, -0.1) is 0 Å². The van der Waals surface area contributed by atoms with Crippen molar-refractivity contribution in [2.75, 3.05) is 35.7 Å². The highest BCUT2D eigenvalue weighted by Crippen LogP contribution is 2.31. The Hall–Kier alpha value is -4.53. The highest BCUT2D eigenvalue weighted by atomic mass is 16.5. The quantitative estimate of drug-likeness (QED) is 0.357. The molecule has 0 unspecified atom stereocenters. The highest BCUT2D eigenvalue weighted by Gasteiger charge is 2.16. The molecule has 0 saturated carbocycles. The zero-order chi connectivity index (χ0) is 24.9. The van der Waals surface area contributed by atoms with Crippen LogP contribution in [0.15, 0.2) is 67.5 Å². The number of nitrogens with one attached hydrogen (secondary N) is 2. The number of aromatic nitrogens is 4. The van der Waals surface area contributed by atoms with E-state index < -0.39 is 0 Å². The van der Waals surface area contributed by atoms with Gasteiger partial charge in [0.25, 0.3) is 0 Å². The van der Waals surface area contributed by atoms with Crippen LogP contribution < -0.4 is 20.3 Å². The van der Waals surface area contributed by atoms with Crippen LogP contribution in [0.3, 0.4) is 0 Å². The summed E-state index contributed by atoms with van der Waals surface area (Å²) < 4.78 is 5.58. The normalized spacial score (nSPS) is 13.3. The molecule has 1 saturated heterocycles. The van der Waals surface area contributed by atoms with E-state index in [-0.39, 0.29) is 5.91 Å². The van der Waals surface area contributed by atoms with Crippen molar-refractivity contribution in [3.05, 3.63) is 67.5 Å². The predicted molar refractivity (Wildman–Crippen MR) is 142 cm³/mol. The number of piperidine rings is 1. The maximum absolute atomic E-state index is 11.7. The summed E-state index contributed by atoms with van der Waals surface area (Å²) in [5.74, 6) is 1.53. The second-order valence-electron chi connectivity index (χ2n) is 8.46. The molecule has 9 nitrogen and oxygen atoms in total. The third-order valence-corrected chi connectivity index (χ3v) is 6.07. The van der Waals surface area contributed by atoms with Crippen LogP contribution >= 0.6 is 0 Å². The van der Waals surface area contributed by atoms with Gasteiger partial charge in [-0.1, -0.05) is 24.8 Å². The molecule has 1 aromatic carbocycles. The van der Waals surface area contributed by atoms with Crippen LogP contribution in [-0.2, 0) is 4.79 Å². The Morgan fingerprint density at radius 2 is 1.94 bits per heavy atom. The third kappa shape index (κ3) is 4.95. The molecule has 0 radical (unpaired) electrons. The summed E-state index contributed by atoms with van der Waals surface area (Å²) in [4.78, 5) is 32.5. The molecule has 2 N–H and O–H groups in total. The van der Waals surface area contributed by atoms with Crippen molar-refractivity contribution in [2.24, 2.45) is 0 Å². The summed E-state index contributed by atoms with van der Waals surface area (Å²) in [6.07, 6.45) is 8.25. The molecule has 4 heterocycles. The minimum Gasteiger partial charge on any atom is -0.479 e. The third-order valence-electron chi connectivity index (χ3n) is 6.07. The molecule has 182 valence electrons. The van der Waals surface area contributed by atoms with E-state index in [0.29, 0.717) is 28.9 Å². The van der Waals surface area contributed by atoms with Crippen LogP contribution in [0.1, 0.15) is 19.3 Å². The molecule has 1 fully saturated rings. The lowest BCUT2D eigenvalue weighted by Crippen LogP contribution is -2.30. The number of pyridine rings is 2. The molecule has 1 aliphatic rings. The number of hydrogen-bond acceptors (Lipinski definition) is 8. The zero-order valence-electron chi connectivity index (χ0n) is 20.1. The minimum absolute atomic E-state index is 0.284. The summed E-state index contributed by atoms with van der Waals surface area (Å²) >= 11 is 0. The molecule has 0 atom stereocenters. The van der Waals surface area contributed by atoms with Gasteiger partial charge in [-0.25, -0.2) is 9.97 Å². The standard InChI is InChI=1S/C27H27N7O2/c1-3-24(35)30-19-12-13-28-22(16-19)20-9-7-8-18-17-29-27(33-25(18)20)31-21-10-11-23(32-26(21)36-2)34-14-5-4-6-15-34/h3,7-13,16-17H,1,4-6,14-15H2,2H3,(H,28,30,35)(H,29,31,33). The molecular formula is C27H27N7O2. The van der Waals surface area contributed by atoms with E-state index >= 15 is 0 Å². The monoisotopic (exact) mass is 481 g/mol. The number of ether oxygens (including phenoxy) is 1. The van der Waals surface area contributed by atoms with Crippen molar-refractivity contribution >= 4 is 40.0 Å². The number of carbonyl (C=O) groups excluding carboxylic acids is 1. The number of fused-ring (bicyclic) bond motifs is 1. The Labute approximate surface area is 209 Å². The number of anilines is 4. The van der Waals surface area contributed by atoms with Crippen molar-refractivity contribution in [1.29, 1.82) is 0 Å². The lowest BCUT2D eigenvalue weighted by molar-refractivity contribution is -0.111. The number of rotatable bonds is 7. The molecule has 3 aromatic heterocycles. The fourth-order valence-corrected chi connectivity index (χ4v) is 4.27. The van der Waals surface area contributed by atoms with Gasteiger partial charge in [0.05, 0.1) is 18.3 Å². The smallest absolute Gasteiger partial charge is 0.247 e. The fourth-order valence-electron chi connectivity index (χ4n) is 4.27. The molecule has 0 bridgehead atoms. The van der Waals surface area contributed by atoms with E-state index in [2.05, 4.69) is 32.1 Å². The molecule has 1 aliphatic heterocycles. The second kappa shape index (κ2) is 10.4. The predicted octanol–water partition coefficient (Wildman–Crippen LogP) is 4.95. The lowest BCUT2D eigenvalue weighted by Gasteiger charge is -2.28. The molecule has 1 amide bonds. The number of para-hydroxylation sites is 1. The van der Waals surface area contributed by atoms with Crippen LogP contribution in [0.2, 0.25) is 0 Å². The fraction of sp³-hybridized carbons (Fsp3) is 0.222. The number of amides is 1. The van der Waals surface area contributed by atoms with Crippen LogP contribution in [0.4, 0.5) is 23.1 Å². The van der Waals surface area contributed by atoms with Gasteiger partial charge in [0, 0.05) is 42.1 Å². The first kappa shape index (κ1) is 23.2. The van der Waals surface area contributed by atoms with Crippen LogP contribution in [0.5, 0.6) is 5.88 Å². The van der Waals surface area contributed by atoms with E-state index in [4.69, 9.17) is 14.7 Å². The number of nitrogens with zero attached hydrogens (tertiary/aromatic N) is 5. The van der Waals surface area contributed by atoms with Crippen molar-refractivity contribution in [3.8, 4) is 17.1 Å². The Bertz CT molecular complexity index is 1420. The van der Waals surface area contributed by atoms with E-state index in [1.807, 2.05) is 30.3 Å². The Balaban J connectivity index is 1.46. The summed E-state index contributed by atoms with van der Waals surface area (Å²) in [6.45, 7) is 5.51. The van der Waals surface area contributed by atoms with Crippen molar-refractivity contribution in [2.45, 2.75) is 19.3 Å². The zero-order valence-corrected chi connectivity index (χ0v) is 20.1. The number of methoxy groups -OCH3 is 1. The van der Waals surface area contributed by atoms with E-state index in [1.165, 1.54) is 25.3 Å². The Morgan fingerprint density at radius 1 is 1.08 bits per heavy atom. The van der Waals surface area contributed by atoms with Gasteiger partial charge in [0.15, 0.2) is 0 Å². The highest BCUT2D eigenvalue weighted by molar-refractivity contribution is 5.99. The van der Waals surface area contributed by atoms with Crippen LogP contribution in [0.25, 0.3) is 22.2 Å². The largest absolute Gasteiger partial charge is 0.479 e. The average Bonchev–Trinajstić information content (AvgIpc) is 2.93. The van der Waals surface area contributed by atoms with E-state index in [1.54, 1.807) is 31.6 Å². The van der Waals surface area contributed by atoms with Crippen molar-refractivity contribution in [3.63, 3.8) is 0 Å². The van der Waals surface area contributed by atoms with E-state index in [0.717, 1.165) is 35.4 Å². The first-order chi connectivity index (χ1) is 17.6. The molecular weight excluding hydrogens is 454 g/mol. The summed E-state index contributed by atoms with van der Waals surface area (Å²) in [5, 5.41) is 6.89. The summed E-state index contributed by atoms with van der Waals surface area (Å²) in [7, 11) is 1.61. The summed E-state index contributed by atoms with van der Waals surface area (Å²) in [5.41, 5.74) is 3.53. The molecule has 0 spiro atoms. The molecule has 36 heavy (non-hydrogen) atoms. The number of benzene rings is 1. The molecule has 0 aliphatic carbocycles. The first-order valence-electron chi connectivity index (χ1n) is 11.9. The Morgan fingerprint density at radius 3 is 2.75 bits per heavy atom. The van der Waals surface area contributed by atoms with Gasteiger partial charge < -0.3 is 20.3 Å². The molecule has 5 rings (SSSR count). The second-order valence-corrected chi connectivity index (χ2v) is 8.46. The van der Waals surface area contributed by atoms with Crippen LogP contribution in [-0.4, -0.2) is 46.0 Å². The van der Waals surface area contributed by atoms with Gasteiger partial charge in [-0.2, -0.15) is 4.98 Å². The van der Waals surface area contributed by atoms with Gasteiger partial charge >= 0.3 is 0 Å². The maximum atomic E-state index is 11.7. The Kier molecular flexibility index (Phi) is 6.70. The van der Waals surface area contributed by atoms with Crippen LogP contribution in [0, 0.1) is 0 Å². The number of carbonyl (C=O) groups is 1. The first-order valence-corrected chi connectivity index (χ1v) is 11.9. The topological polar surface area (TPSA) is 105 Å². The van der Waals surface area contributed by atoms with Gasteiger partial charge in [0.2, 0.25) is 17.7 Å².